The number of hydrogen-bond acceptors (Lipinski definition) is 10. The first-order chi connectivity index (χ1) is 22.8. The Balaban J connectivity index is 1.25. The lowest BCUT2D eigenvalue weighted by Crippen LogP contribution is -2.42. The fourth-order valence-corrected chi connectivity index (χ4v) is 6.98. The van der Waals surface area contributed by atoms with Gasteiger partial charge in [0.15, 0.2) is 35.1 Å². The van der Waals surface area contributed by atoms with Gasteiger partial charge in [0.2, 0.25) is 5.95 Å². The minimum absolute atomic E-state index is 0.0590. The molecule has 4 N–H and O–H groups in total. The molecule has 1 amide bonds. The quantitative estimate of drug-likeness (QED) is 0.197. The molecule has 4 atom stereocenters. The smallest absolute Gasteiger partial charge is 0.252 e. The van der Waals surface area contributed by atoms with Gasteiger partial charge in [-0.15, -0.1) is 0 Å². The van der Waals surface area contributed by atoms with Crippen LogP contribution >= 0.6 is 0 Å². The molecule has 1 aliphatic carbocycles. The molecule has 12 nitrogen and oxygen atoms in total. The van der Waals surface area contributed by atoms with Gasteiger partial charge in [-0.2, -0.15) is 9.97 Å². The highest BCUT2D eigenvalue weighted by Gasteiger charge is 2.58. The van der Waals surface area contributed by atoms with Crippen LogP contribution in [0, 0.1) is 0 Å². The molecule has 2 aromatic heterocycles. The van der Waals surface area contributed by atoms with Crippen molar-refractivity contribution in [1.82, 2.24) is 24.8 Å². The molecular formula is C35H43N7O5. The zero-order chi connectivity index (χ0) is 32.5. The van der Waals surface area contributed by atoms with E-state index in [0.717, 1.165) is 25.7 Å². The van der Waals surface area contributed by atoms with E-state index in [2.05, 4.69) is 64.5 Å². The van der Waals surface area contributed by atoms with Crippen LogP contribution < -0.4 is 16.0 Å². The molecule has 7 rings (SSSR count). The van der Waals surface area contributed by atoms with Gasteiger partial charge >= 0.3 is 0 Å². The number of imidazole rings is 1. The molecule has 2 aliphatic heterocycles. The maximum atomic E-state index is 13.1. The summed E-state index contributed by atoms with van der Waals surface area (Å²) in [5, 5.41) is 20.1. The maximum absolute atomic E-state index is 13.1. The number of nitrogens with zero attached hydrogens (tertiary/aromatic N) is 4. The maximum Gasteiger partial charge on any atom is 0.252 e. The van der Waals surface area contributed by atoms with Crippen LogP contribution in [0.15, 0.2) is 67.0 Å². The summed E-state index contributed by atoms with van der Waals surface area (Å²) < 4.78 is 20.7. The predicted molar refractivity (Wildman–Crippen MR) is 177 cm³/mol. The Morgan fingerprint density at radius 1 is 0.979 bits per heavy atom. The Kier molecular flexibility index (Phi) is 8.84. The van der Waals surface area contributed by atoms with Crippen molar-refractivity contribution in [3.05, 3.63) is 78.1 Å². The highest BCUT2D eigenvalue weighted by atomic mass is 16.8. The van der Waals surface area contributed by atoms with Crippen LogP contribution in [0.25, 0.3) is 11.2 Å². The first kappa shape index (κ1) is 31.5. The van der Waals surface area contributed by atoms with Crippen LogP contribution in [-0.4, -0.2) is 79.9 Å². The average molecular weight is 642 g/mol. The first-order valence-corrected chi connectivity index (χ1v) is 16.6. The second-order valence-corrected chi connectivity index (χ2v) is 13.0. The van der Waals surface area contributed by atoms with Crippen LogP contribution in [0.4, 0.5) is 11.8 Å². The number of aromatic nitrogens is 4. The van der Waals surface area contributed by atoms with Gasteiger partial charge in [0.25, 0.3) is 5.91 Å². The molecule has 248 valence electrons. The van der Waals surface area contributed by atoms with Gasteiger partial charge < -0.3 is 35.3 Å². The van der Waals surface area contributed by atoms with Crippen molar-refractivity contribution in [3.63, 3.8) is 0 Å². The normalized spacial score (nSPS) is 26.7. The third-order valence-corrected chi connectivity index (χ3v) is 9.24. The molecule has 0 unspecified atom stereocenters. The number of likely N-dealkylation sites (N-methyl/N-ethyl adjacent to an activating group) is 1. The largest absolute Gasteiger partial charge is 0.393 e. The van der Waals surface area contributed by atoms with E-state index in [1.54, 1.807) is 6.33 Å². The Bertz CT molecular complexity index is 1640. The van der Waals surface area contributed by atoms with Gasteiger partial charge in [0.1, 0.15) is 12.2 Å². The molecule has 3 aliphatic rings. The van der Waals surface area contributed by atoms with E-state index >= 15 is 0 Å². The molecule has 2 aromatic carbocycles. The lowest BCUT2D eigenvalue weighted by molar-refractivity contribution is -0.197. The highest BCUT2D eigenvalue weighted by molar-refractivity contribution is 5.85. The molecule has 47 heavy (non-hydrogen) atoms. The van der Waals surface area contributed by atoms with Gasteiger partial charge in [-0.25, -0.2) is 4.98 Å². The summed E-state index contributed by atoms with van der Waals surface area (Å²) in [5.74, 6) is -0.0331. The molecule has 3 fully saturated rings. The minimum atomic E-state index is -0.887. The van der Waals surface area contributed by atoms with Crippen LogP contribution in [0.2, 0.25) is 0 Å². The summed E-state index contributed by atoms with van der Waals surface area (Å²) in [6, 6.07) is 20.9. The van der Waals surface area contributed by atoms with Crippen LogP contribution in [0.3, 0.4) is 0 Å². The van der Waals surface area contributed by atoms with Crippen LogP contribution in [0.1, 0.15) is 69.7 Å². The molecule has 0 spiro atoms. The van der Waals surface area contributed by atoms with Crippen molar-refractivity contribution < 1.29 is 24.1 Å². The lowest BCUT2D eigenvalue weighted by atomic mass is 9.91. The van der Waals surface area contributed by atoms with Gasteiger partial charge in [-0.3, -0.25) is 9.36 Å². The number of aliphatic hydroxyl groups is 1. The molecule has 0 radical (unpaired) electrons. The molecule has 2 saturated heterocycles. The van der Waals surface area contributed by atoms with E-state index in [1.807, 2.05) is 37.5 Å². The summed E-state index contributed by atoms with van der Waals surface area (Å²) in [4.78, 5) is 27.7. The first-order valence-electron chi connectivity index (χ1n) is 16.6. The number of ether oxygens (including phenoxy) is 3. The number of fused-ring (bicyclic) bond motifs is 2. The van der Waals surface area contributed by atoms with Gasteiger partial charge in [0.05, 0.1) is 12.4 Å². The second-order valence-electron chi connectivity index (χ2n) is 13.0. The van der Waals surface area contributed by atoms with Crippen molar-refractivity contribution in [2.24, 2.45) is 0 Å². The molecule has 4 heterocycles. The summed E-state index contributed by atoms with van der Waals surface area (Å²) in [6.45, 7) is 6.59. The van der Waals surface area contributed by atoms with Crippen molar-refractivity contribution in [1.29, 1.82) is 0 Å². The Morgan fingerprint density at radius 3 is 2.30 bits per heavy atom. The Labute approximate surface area is 274 Å². The summed E-state index contributed by atoms with van der Waals surface area (Å²) >= 11 is 0. The summed E-state index contributed by atoms with van der Waals surface area (Å²) in [5.41, 5.74) is 3.49. The number of anilines is 2. The summed E-state index contributed by atoms with van der Waals surface area (Å²) in [6.07, 6.45) is 1.78. The third-order valence-electron chi connectivity index (χ3n) is 9.24. The molecule has 1 saturated carbocycles. The number of hydrogen-bond donors (Lipinski definition) is 4. The number of carbonyl (C=O) groups excluding carboxylic acids is 1. The van der Waals surface area contributed by atoms with Gasteiger partial charge in [0, 0.05) is 25.0 Å². The fraction of sp³-hybridized carbons (Fsp3) is 0.486. The van der Waals surface area contributed by atoms with E-state index in [9.17, 15) is 9.90 Å². The van der Waals surface area contributed by atoms with E-state index < -0.39 is 30.3 Å². The zero-order valence-electron chi connectivity index (χ0n) is 27.0. The van der Waals surface area contributed by atoms with E-state index in [4.69, 9.17) is 29.2 Å². The third kappa shape index (κ3) is 6.55. The molecular weight excluding hydrogens is 598 g/mol. The van der Waals surface area contributed by atoms with E-state index in [0.29, 0.717) is 36.0 Å². The molecule has 4 aromatic rings. The minimum Gasteiger partial charge on any atom is -0.393 e. The van der Waals surface area contributed by atoms with Crippen molar-refractivity contribution >= 4 is 28.8 Å². The van der Waals surface area contributed by atoms with Crippen LogP contribution in [0.5, 0.6) is 0 Å². The van der Waals surface area contributed by atoms with Crippen molar-refractivity contribution in [3.8, 4) is 0 Å². The monoisotopic (exact) mass is 641 g/mol. The number of nitrogens with one attached hydrogen (secondary N) is 3. The Morgan fingerprint density at radius 2 is 1.64 bits per heavy atom. The van der Waals surface area contributed by atoms with Gasteiger partial charge in [-0.05, 0) is 57.6 Å². The molecule has 0 bridgehead atoms. The van der Waals surface area contributed by atoms with Crippen molar-refractivity contribution in [2.75, 3.05) is 23.7 Å². The number of benzene rings is 2. The number of amides is 1. The number of rotatable bonds is 10. The van der Waals surface area contributed by atoms with Crippen LogP contribution in [-0.2, 0) is 19.0 Å². The lowest BCUT2D eigenvalue weighted by Gasteiger charge is -2.26. The Hall–Kier alpha value is -4.10. The number of carbonyl (C=O) groups is 1. The zero-order valence-corrected chi connectivity index (χ0v) is 27.0. The SMILES string of the molecule is CCNC(=O)[C@H]1O[C@@H](n2cnc3c(NCC(c4ccccc4)c4ccccc4)nc(N[C@H]4CC[C@H](O)CC4)nc32)[C@@H]2OC(C)(C)O[C@@H]21. The topological polar surface area (TPSA) is 145 Å². The van der Waals surface area contributed by atoms with E-state index in [-0.39, 0.29) is 24.0 Å². The average Bonchev–Trinajstić information content (AvgIpc) is 3.74. The highest BCUT2D eigenvalue weighted by Crippen LogP contribution is 2.44. The van der Waals surface area contributed by atoms with Gasteiger partial charge in [-0.1, -0.05) is 60.7 Å². The molecule has 12 heteroatoms. The standard InChI is InChI=1S/C35H43N7O5/c1-4-36-32(44)28-27-29(47-35(2,3)46-27)33(45-28)42-20-38-26-30(40-34(41-31(26)42)39-23-15-17-24(43)18-16-23)37-19-25(21-11-7-5-8-12-21)22-13-9-6-10-14-22/h5-14,20,23-25,27-29,33,43H,4,15-19H2,1-3H3,(H,36,44)(H2,37,39,40,41)/t23-,24-,27-,28+,29-,33-/m1/s1. The predicted octanol–water partition coefficient (Wildman–Crippen LogP) is 4.34. The van der Waals surface area contributed by atoms with Crippen molar-refractivity contribution in [2.45, 2.75) is 94.8 Å². The number of aliphatic hydroxyl groups excluding tert-OH is 1. The summed E-state index contributed by atoms with van der Waals surface area (Å²) in [7, 11) is 0. The fourth-order valence-electron chi connectivity index (χ4n) is 6.98. The second kappa shape index (κ2) is 13.2. The van der Waals surface area contributed by atoms with E-state index in [1.165, 1.54) is 11.1 Å².